The summed E-state index contributed by atoms with van der Waals surface area (Å²) in [6.07, 6.45) is 3.31. The number of halogens is 1. The van der Waals surface area contributed by atoms with Crippen LogP contribution in [0.4, 0.5) is 4.39 Å². The van der Waals surface area contributed by atoms with Crippen molar-refractivity contribution in [1.29, 1.82) is 0 Å². The largest absolute Gasteiger partial charge is 0.355 e. The van der Waals surface area contributed by atoms with E-state index in [0.29, 0.717) is 5.92 Å². The zero-order valence-electron chi connectivity index (χ0n) is 16.5. The van der Waals surface area contributed by atoms with Gasteiger partial charge in [0.2, 0.25) is 0 Å². The minimum atomic E-state index is -0.0813. The van der Waals surface area contributed by atoms with E-state index in [0.717, 1.165) is 57.1 Å². The third-order valence-corrected chi connectivity index (χ3v) is 6.09. The Bertz CT molecular complexity index is 622. The topological polar surface area (TPSA) is 30.9 Å². The zero-order chi connectivity index (χ0) is 18.6. The monoisotopic (exact) mass is 360 g/mol. The lowest BCUT2D eigenvalue weighted by molar-refractivity contribution is 0.255. The molecular weight excluding hydrogens is 327 g/mol. The van der Waals surface area contributed by atoms with Crippen LogP contribution in [0, 0.1) is 11.7 Å². The minimum absolute atomic E-state index is 0.0539. The third-order valence-electron chi connectivity index (χ3n) is 6.09. The molecule has 1 aliphatic heterocycles. The van der Waals surface area contributed by atoms with E-state index < -0.39 is 0 Å². The Balaban J connectivity index is 1.55. The van der Waals surface area contributed by atoms with Crippen molar-refractivity contribution in [3.8, 4) is 0 Å². The molecule has 144 valence electrons. The SMILES string of the molecule is CCN(CC)CC1CCN(C(=NC)NCC2(c3ccccc3F)CC2)C1. The predicted molar refractivity (Wildman–Crippen MR) is 106 cm³/mol. The van der Waals surface area contributed by atoms with Gasteiger partial charge in [0.1, 0.15) is 5.82 Å². The van der Waals surface area contributed by atoms with Gasteiger partial charge in [0.05, 0.1) is 0 Å². The first-order valence-electron chi connectivity index (χ1n) is 10.0. The molecule has 26 heavy (non-hydrogen) atoms. The lowest BCUT2D eigenvalue weighted by atomic mass is 9.95. The number of nitrogens with one attached hydrogen (secondary N) is 1. The molecule has 1 aromatic carbocycles. The maximum atomic E-state index is 14.2. The summed E-state index contributed by atoms with van der Waals surface area (Å²) in [6.45, 7) is 10.7. The Morgan fingerprint density at radius 3 is 2.65 bits per heavy atom. The van der Waals surface area contributed by atoms with Crippen molar-refractivity contribution in [2.45, 2.75) is 38.5 Å². The van der Waals surface area contributed by atoms with E-state index >= 15 is 0 Å². The van der Waals surface area contributed by atoms with Gasteiger partial charge in [-0.2, -0.15) is 0 Å². The average Bonchev–Trinajstić information content (AvgIpc) is 3.30. The zero-order valence-corrected chi connectivity index (χ0v) is 16.5. The molecule has 1 unspecified atom stereocenters. The Morgan fingerprint density at radius 1 is 1.31 bits per heavy atom. The van der Waals surface area contributed by atoms with E-state index in [1.54, 1.807) is 12.1 Å². The molecule has 1 N–H and O–H groups in total. The molecule has 3 rings (SSSR count). The van der Waals surface area contributed by atoms with E-state index in [2.05, 4.69) is 34.0 Å². The second-order valence-electron chi connectivity index (χ2n) is 7.75. The molecule has 1 heterocycles. The van der Waals surface area contributed by atoms with Gasteiger partial charge in [-0.3, -0.25) is 4.99 Å². The van der Waals surface area contributed by atoms with E-state index in [1.165, 1.54) is 13.0 Å². The summed E-state index contributed by atoms with van der Waals surface area (Å²) >= 11 is 0. The van der Waals surface area contributed by atoms with E-state index in [-0.39, 0.29) is 11.2 Å². The predicted octanol–water partition coefficient (Wildman–Crippen LogP) is 3.10. The van der Waals surface area contributed by atoms with Gasteiger partial charge in [-0.15, -0.1) is 0 Å². The lowest BCUT2D eigenvalue weighted by Crippen LogP contribution is -2.43. The van der Waals surface area contributed by atoms with Gasteiger partial charge in [0.25, 0.3) is 0 Å². The van der Waals surface area contributed by atoms with Gasteiger partial charge >= 0.3 is 0 Å². The third kappa shape index (κ3) is 4.20. The summed E-state index contributed by atoms with van der Waals surface area (Å²) in [5, 5.41) is 3.54. The van der Waals surface area contributed by atoms with Crippen molar-refractivity contribution < 1.29 is 4.39 Å². The summed E-state index contributed by atoms with van der Waals surface area (Å²) in [5.74, 6) is 1.59. The highest BCUT2D eigenvalue weighted by Gasteiger charge is 2.46. The summed E-state index contributed by atoms with van der Waals surface area (Å²) in [6, 6.07) is 7.21. The quantitative estimate of drug-likeness (QED) is 0.599. The van der Waals surface area contributed by atoms with Crippen LogP contribution in [0.1, 0.15) is 38.7 Å². The van der Waals surface area contributed by atoms with Gasteiger partial charge in [-0.1, -0.05) is 32.0 Å². The number of benzene rings is 1. The van der Waals surface area contributed by atoms with Crippen molar-refractivity contribution in [1.82, 2.24) is 15.1 Å². The molecule has 1 saturated heterocycles. The fourth-order valence-corrected chi connectivity index (χ4v) is 4.19. The standard InChI is InChI=1S/C21H33FN4/c1-4-25(5-2)14-17-10-13-26(15-17)20(23-3)24-16-21(11-12-21)18-8-6-7-9-19(18)22/h6-9,17H,4-5,10-16H2,1-3H3,(H,23,24). The first-order valence-corrected chi connectivity index (χ1v) is 10.0. The molecule has 2 aliphatic rings. The molecule has 5 heteroatoms. The molecule has 0 bridgehead atoms. The molecule has 1 aromatic rings. The van der Waals surface area contributed by atoms with Crippen LogP contribution in [0.3, 0.4) is 0 Å². The Hall–Kier alpha value is -1.62. The molecule has 0 radical (unpaired) electrons. The maximum Gasteiger partial charge on any atom is 0.193 e. The normalized spacial score (nSPS) is 22.1. The number of likely N-dealkylation sites (tertiary alicyclic amines) is 1. The molecule has 0 spiro atoms. The molecule has 0 aromatic heterocycles. The number of hydrogen-bond donors (Lipinski definition) is 1. The van der Waals surface area contributed by atoms with Crippen LogP contribution < -0.4 is 5.32 Å². The minimum Gasteiger partial charge on any atom is -0.355 e. The number of nitrogens with zero attached hydrogens (tertiary/aromatic N) is 3. The van der Waals surface area contributed by atoms with E-state index in [9.17, 15) is 4.39 Å². The van der Waals surface area contributed by atoms with Crippen molar-refractivity contribution in [2.24, 2.45) is 10.9 Å². The van der Waals surface area contributed by atoms with Crippen molar-refractivity contribution in [2.75, 3.05) is 46.3 Å². The van der Waals surface area contributed by atoms with Gasteiger partial charge < -0.3 is 15.1 Å². The molecule has 1 atom stereocenters. The number of aliphatic imine (C=N–C) groups is 1. The summed E-state index contributed by atoms with van der Waals surface area (Å²) in [7, 11) is 1.85. The number of rotatable bonds is 7. The first kappa shape index (κ1) is 19.2. The molecule has 1 aliphatic carbocycles. The second-order valence-corrected chi connectivity index (χ2v) is 7.75. The summed E-state index contributed by atoms with van der Waals surface area (Å²) in [4.78, 5) is 9.36. The fraction of sp³-hybridized carbons (Fsp3) is 0.667. The van der Waals surface area contributed by atoms with Gasteiger partial charge in [-0.25, -0.2) is 4.39 Å². The fourth-order valence-electron chi connectivity index (χ4n) is 4.19. The Morgan fingerprint density at radius 2 is 2.04 bits per heavy atom. The maximum absolute atomic E-state index is 14.2. The van der Waals surface area contributed by atoms with Crippen molar-refractivity contribution in [3.05, 3.63) is 35.6 Å². The lowest BCUT2D eigenvalue weighted by Gasteiger charge is -2.26. The highest BCUT2D eigenvalue weighted by Crippen LogP contribution is 2.48. The van der Waals surface area contributed by atoms with Gasteiger partial charge in [-0.05, 0) is 49.9 Å². The summed E-state index contributed by atoms with van der Waals surface area (Å²) < 4.78 is 14.2. The van der Waals surface area contributed by atoms with Gasteiger partial charge in [0, 0.05) is 38.6 Å². The first-order chi connectivity index (χ1) is 12.6. The average molecular weight is 361 g/mol. The number of guanidine groups is 1. The van der Waals surface area contributed by atoms with E-state index in [4.69, 9.17) is 0 Å². The smallest absolute Gasteiger partial charge is 0.193 e. The van der Waals surface area contributed by atoms with Crippen LogP contribution in [0.25, 0.3) is 0 Å². The van der Waals surface area contributed by atoms with E-state index in [1.807, 2.05) is 19.2 Å². The Labute approximate surface area is 157 Å². The van der Waals surface area contributed by atoms with Crippen LogP contribution in [-0.4, -0.2) is 62.1 Å². The molecular formula is C21H33FN4. The molecule has 0 amide bonds. The Kier molecular flexibility index (Phi) is 6.17. The highest BCUT2D eigenvalue weighted by molar-refractivity contribution is 5.80. The van der Waals surface area contributed by atoms with Crippen LogP contribution in [0.5, 0.6) is 0 Å². The van der Waals surface area contributed by atoms with Crippen molar-refractivity contribution >= 4 is 5.96 Å². The highest BCUT2D eigenvalue weighted by atomic mass is 19.1. The van der Waals surface area contributed by atoms with Crippen molar-refractivity contribution in [3.63, 3.8) is 0 Å². The molecule has 2 fully saturated rings. The van der Waals surface area contributed by atoms with Crippen LogP contribution in [0.2, 0.25) is 0 Å². The molecule has 1 saturated carbocycles. The van der Waals surface area contributed by atoms with Crippen LogP contribution >= 0.6 is 0 Å². The summed E-state index contributed by atoms with van der Waals surface area (Å²) in [5.41, 5.74) is 0.797. The second kappa shape index (κ2) is 8.38. The van der Waals surface area contributed by atoms with Crippen LogP contribution in [0.15, 0.2) is 29.3 Å². The molecule has 4 nitrogen and oxygen atoms in total. The van der Waals surface area contributed by atoms with Gasteiger partial charge in [0.15, 0.2) is 5.96 Å². The number of hydrogen-bond acceptors (Lipinski definition) is 2. The van der Waals surface area contributed by atoms with Crippen LogP contribution in [-0.2, 0) is 5.41 Å².